The van der Waals surface area contributed by atoms with Gasteiger partial charge in [-0.2, -0.15) is 0 Å². The van der Waals surface area contributed by atoms with Gasteiger partial charge in [0.2, 0.25) is 5.91 Å². The van der Waals surface area contributed by atoms with Crippen LogP contribution in [0.15, 0.2) is 54.6 Å². The molecule has 1 saturated heterocycles. The number of rotatable bonds is 5. The lowest BCUT2D eigenvalue weighted by Gasteiger charge is -2.41. The molecule has 1 aliphatic carbocycles. The number of anilines is 1. The monoisotopic (exact) mass is 585 g/mol. The highest BCUT2D eigenvalue weighted by Crippen LogP contribution is 2.47. The second kappa shape index (κ2) is 12.4. The summed E-state index contributed by atoms with van der Waals surface area (Å²) in [7, 11) is 3.01. The Labute approximate surface area is 237 Å². The first-order chi connectivity index (χ1) is 17.5. The summed E-state index contributed by atoms with van der Waals surface area (Å²) < 4.78 is 46.9. The van der Waals surface area contributed by atoms with E-state index in [4.69, 9.17) is 11.5 Å². The van der Waals surface area contributed by atoms with Gasteiger partial charge >= 0.3 is 0 Å². The SMILES string of the molecule is C[C@@H]1C[C@H](N)CN(c2ccncc2C2(C(N)=O)C=CC(F)=C(c3ccc(C(=O)N(C)C)cc3F)C2F)C1.Cl.Cl. The molecule has 0 bridgehead atoms. The molecule has 4 rings (SSSR count). The minimum atomic E-state index is -2.38. The summed E-state index contributed by atoms with van der Waals surface area (Å²) in [5.41, 5.74) is 9.44. The van der Waals surface area contributed by atoms with Crippen LogP contribution in [-0.4, -0.2) is 61.1 Å². The quantitative estimate of drug-likeness (QED) is 0.552. The van der Waals surface area contributed by atoms with Crippen molar-refractivity contribution >= 4 is 47.9 Å². The van der Waals surface area contributed by atoms with Gasteiger partial charge in [-0.25, -0.2) is 13.2 Å². The van der Waals surface area contributed by atoms with Crippen LogP contribution in [0.4, 0.5) is 18.9 Å². The summed E-state index contributed by atoms with van der Waals surface area (Å²) in [4.78, 5) is 32.5. The van der Waals surface area contributed by atoms with Crippen LogP contribution in [0.3, 0.4) is 0 Å². The van der Waals surface area contributed by atoms with Crippen LogP contribution in [0, 0.1) is 11.7 Å². The molecular formula is C27H32Cl2F3N5O2. The molecule has 2 amide bonds. The number of primary amides is 1. The van der Waals surface area contributed by atoms with Crippen molar-refractivity contribution in [1.29, 1.82) is 0 Å². The van der Waals surface area contributed by atoms with Gasteiger partial charge in [0.05, 0.1) is 0 Å². The molecule has 0 radical (unpaired) electrons. The van der Waals surface area contributed by atoms with Gasteiger partial charge in [0.15, 0.2) is 6.17 Å². The fourth-order valence-corrected chi connectivity index (χ4v) is 5.26. The van der Waals surface area contributed by atoms with Gasteiger partial charge in [-0.05, 0) is 36.6 Å². The van der Waals surface area contributed by atoms with Crippen LogP contribution in [0.25, 0.3) is 5.57 Å². The number of hydrogen-bond donors (Lipinski definition) is 2. The van der Waals surface area contributed by atoms with E-state index in [1.807, 2.05) is 11.8 Å². The Hall–Kier alpha value is -3.08. The average molecular weight is 586 g/mol. The van der Waals surface area contributed by atoms with E-state index in [9.17, 15) is 9.59 Å². The van der Waals surface area contributed by atoms with Crippen LogP contribution in [0.5, 0.6) is 0 Å². The molecule has 2 aromatic rings. The Morgan fingerprint density at radius 3 is 2.44 bits per heavy atom. The molecule has 2 heterocycles. The molecular weight excluding hydrogens is 554 g/mol. The average Bonchev–Trinajstić information content (AvgIpc) is 2.84. The maximum Gasteiger partial charge on any atom is 0.253 e. The fraction of sp³-hybridized carbons (Fsp3) is 0.370. The van der Waals surface area contributed by atoms with Gasteiger partial charge < -0.3 is 21.3 Å². The molecule has 1 aliphatic heterocycles. The normalized spacial score (nSPS) is 24.5. The summed E-state index contributed by atoms with van der Waals surface area (Å²) in [6, 6.07) is 4.84. The van der Waals surface area contributed by atoms with E-state index < -0.39 is 46.2 Å². The van der Waals surface area contributed by atoms with Crippen molar-refractivity contribution in [1.82, 2.24) is 9.88 Å². The number of aromatic nitrogens is 1. The highest BCUT2D eigenvalue weighted by atomic mass is 35.5. The van der Waals surface area contributed by atoms with E-state index in [-0.39, 0.29) is 47.9 Å². The number of piperidine rings is 1. The van der Waals surface area contributed by atoms with Gasteiger partial charge in [0.25, 0.3) is 5.91 Å². The molecule has 2 unspecified atom stereocenters. The lowest BCUT2D eigenvalue weighted by molar-refractivity contribution is -0.123. The molecule has 1 fully saturated rings. The summed E-state index contributed by atoms with van der Waals surface area (Å²) in [6.07, 6.45) is 3.28. The number of carbonyl (C=O) groups is 2. The van der Waals surface area contributed by atoms with E-state index >= 15 is 13.2 Å². The third-order valence-corrected chi connectivity index (χ3v) is 7.00. The van der Waals surface area contributed by atoms with Crippen LogP contribution in [0.1, 0.15) is 34.8 Å². The second-order valence-electron chi connectivity index (χ2n) is 9.98. The number of carbonyl (C=O) groups excluding carboxylic acids is 2. The third kappa shape index (κ3) is 5.78. The lowest BCUT2D eigenvalue weighted by Crippen LogP contribution is -2.51. The Bertz CT molecular complexity index is 1300. The van der Waals surface area contributed by atoms with Crippen molar-refractivity contribution in [3.8, 4) is 0 Å². The maximum atomic E-state index is 16.5. The first-order valence-corrected chi connectivity index (χ1v) is 12.0. The minimum Gasteiger partial charge on any atom is -0.369 e. The summed E-state index contributed by atoms with van der Waals surface area (Å²) >= 11 is 0. The van der Waals surface area contributed by atoms with E-state index in [0.29, 0.717) is 18.8 Å². The van der Waals surface area contributed by atoms with Gasteiger partial charge in [-0.3, -0.25) is 14.6 Å². The predicted octanol–water partition coefficient (Wildman–Crippen LogP) is 3.95. The molecule has 7 nitrogen and oxygen atoms in total. The molecule has 4 N–H and O–H groups in total. The number of alkyl halides is 1. The zero-order valence-corrected chi connectivity index (χ0v) is 23.4. The third-order valence-electron chi connectivity index (χ3n) is 7.00. The van der Waals surface area contributed by atoms with Crippen LogP contribution in [-0.2, 0) is 10.2 Å². The lowest BCUT2D eigenvalue weighted by atomic mass is 9.69. The summed E-state index contributed by atoms with van der Waals surface area (Å²) in [5.74, 6) is -3.36. The zero-order valence-electron chi connectivity index (χ0n) is 21.7. The Balaban J connectivity index is 0.00000267. The molecule has 0 saturated carbocycles. The van der Waals surface area contributed by atoms with Gasteiger partial charge in [0, 0.05) is 73.6 Å². The molecule has 39 heavy (non-hydrogen) atoms. The first kappa shape index (κ1) is 32.1. The topological polar surface area (TPSA) is 106 Å². The van der Waals surface area contributed by atoms with E-state index in [1.165, 1.54) is 37.5 Å². The largest absolute Gasteiger partial charge is 0.369 e. The van der Waals surface area contributed by atoms with Gasteiger partial charge in [-0.15, -0.1) is 24.8 Å². The Morgan fingerprint density at radius 2 is 1.85 bits per heavy atom. The second-order valence-corrected chi connectivity index (χ2v) is 9.98. The van der Waals surface area contributed by atoms with E-state index in [2.05, 4.69) is 4.98 Å². The number of benzene rings is 1. The van der Waals surface area contributed by atoms with Crippen LogP contribution >= 0.6 is 24.8 Å². The van der Waals surface area contributed by atoms with Gasteiger partial charge in [-0.1, -0.05) is 19.1 Å². The molecule has 0 spiro atoms. The number of hydrogen-bond acceptors (Lipinski definition) is 5. The first-order valence-electron chi connectivity index (χ1n) is 12.0. The smallest absolute Gasteiger partial charge is 0.253 e. The number of nitrogens with two attached hydrogens (primary N) is 2. The van der Waals surface area contributed by atoms with Crippen molar-refractivity contribution in [3.63, 3.8) is 0 Å². The number of halogens is 5. The van der Waals surface area contributed by atoms with Crippen LogP contribution < -0.4 is 16.4 Å². The molecule has 1 aromatic heterocycles. The van der Waals surface area contributed by atoms with Crippen molar-refractivity contribution in [3.05, 3.63) is 77.1 Å². The molecule has 4 atom stereocenters. The van der Waals surface area contributed by atoms with Crippen molar-refractivity contribution in [2.24, 2.45) is 17.4 Å². The predicted molar refractivity (Wildman–Crippen MR) is 150 cm³/mol. The summed E-state index contributed by atoms with van der Waals surface area (Å²) in [6.45, 7) is 3.11. The van der Waals surface area contributed by atoms with Crippen molar-refractivity contribution < 1.29 is 22.8 Å². The fourth-order valence-electron chi connectivity index (χ4n) is 5.26. The van der Waals surface area contributed by atoms with Crippen LogP contribution in [0.2, 0.25) is 0 Å². The number of allylic oxidation sites excluding steroid dienone is 3. The number of pyridine rings is 1. The Morgan fingerprint density at radius 1 is 1.15 bits per heavy atom. The summed E-state index contributed by atoms with van der Waals surface area (Å²) in [5, 5.41) is 0. The molecule has 12 heteroatoms. The van der Waals surface area contributed by atoms with Crippen molar-refractivity contribution in [2.45, 2.75) is 31.0 Å². The molecule has 2 aliphatic rings. The number of nitrogens with zero attached hydrogens (tertiary/aromatic N) is 3. The standard InChI is InChI=1S/C27H30F3N5O2.2ClH/c1-15-10-17(31)14-35(13-15)22-7-9-33-12-19(22)27(26(32)37)8-6-20(28)23(24(27)30)18-5-4-16(11-21(18)29)25(36)34(2)3;;/h4-9,11-12,15,17,24H,10,13-14,31H2,1-3H3,(H2,32,37);2*1H/t15-,17+,24?,27?;;/m1../s1. The number of amides is 2. The van der Waals surface area contributed by atoms with E-state index in [0.717, 1.165) is 30.7 Å². The molecule has 1 aromatic carbocycles. The minimum absolute atomic E-state index is 0. The van der Waals surface area contributed by atoms with Gasteiger partial charge in [0.1, 0.15) is 17.1 Å². The Kier molecular flexibility index (Phi) is 10.2. The van der Waals surface area contributed by atoms with Crippen molar-refractivity contribution in [2.75, 3.05) is 32.1 Å². The highest BCUT2D eigenvalue weighted by molar-refractivity contribution is 5.98. The molecule has 212 valence electrons. The highest BCUT2D eigenvalue weighted by Gasteiger charge is 2.52. The maximum absolute atomic E-state index is 16.5. The zero-order chi connectivity index (χ0) is 27.1. The van der Waals surface area contributed by atoms with E-state index in [1.54, 1.807) is 6.07 Å².